The van der Waals surface area contributed by atoms with Crippen molar-refractivity contribution in [3.8, 4) is 0 Å². The van der Waals surface area contributed by atoms with Crippen LogP contribution in [0.1, 0.15) is 57.3 Å². The monoisotopic (exact) mass is 623 g/mol. The smallest absolute Gasteiger partial charge is 0.372 e. The Hall–Kier alpha value is -3.87. The number of ether oxygens (including phenoxy) is 1. The third-order valence-corrected chi connectivity index (χ3v) is 8.72. The van der Waals surface area contributed by atoms with Crippen LogP contribution >= 0.6 is 11.6 Å². The van der Waals surface area contributed by atoms with Gasteiger partial charge in [-0.1, -0.05) is 23.7 Å². The molecule has 9 nitrogen and oxygen atoms in total. The van der Waals surface area contributed by atoms with Gasteiger partial charge in [0, 0.05) is 55.4 Å². The van der Waals surface area contributed by atoms with Crippen molar-refractivity contribution in [1.82, 2.24) is 24.8 Å². The van der Waals surface area contributed by atoms with Gasteiger partial charge in [0.05, 0.1) is 36.5 Å². The zero-order valence-corrected chi connectivity index (χ0v) is 24.7. The van der Waals surface area contributed by atoms with Crippen molar-refractivity contribution in [2.24, 2.45) is 0 Å². The van der Waals surface area contributed by atoms with Crippen molar-refractivity contribution in [2.75, 3.05) is 43.0 Å². The summed E-state index contributed by atoms with van der Waals surface area (Å²) in [6, 6.07) is 8.25. The molecule has 3 aliphatic rings. The molecule has 0 N–H and O–H groups in total. The van der Waals surface area contributed by atoms with Crippen molar-refractivity contribution in [3.63, 3.8) is 0 Å². The molecule has 2 fully saturated rings. The summed E-state index contributed by atoms with van der Waals surface area (Å²) < 4.78 is 49.5. The van der Waals surface area contributed by atoms with Crippen LogP contribution in [-0.4, -0.2) is 64.0 Å². The summed E-state index contributed by atoms with van der Waals surface area (Å²) in [4.78, 5) is 36.3. The fourth-order valence-corrected chi connectivity index (χ4v) is 6.00. The van der Waals surface area contributed by atoms with E-state index < -0.39 is 17.8 Å². The highest BCUT2D eigenvalue weighted by atomic mass is 35.5. The minimum atomic E-state index is -4.82. The van der Waals surface area contributed by atoms with Gasteiger partial charge in [-0.25, -0.2) is 19.9 Å². The maximum Gasteiger partial charge on any atom is 0.435 e. The van der Waals surface area contributed by atoms with E-state index in [0.29, 0.717) is 61.5 Å². The largest absolute Gasteiger partial charge is 0.435 e. The first-order valence-electron chi connectivity index (χ1n) is 14.5. The van der Waals surface area contributed by atoms with Gasteiger partial charge < -0.3 is 19.4 Å². The van der Waals surface area contributed by atoms with Crippen molar-refractivity contribution < 1.29 is 22.7 Å². The van der Waals surface area contributed by atoms with Crippen molar-refractivity contribution >= 4 is 39.9 Å². The maximum atomic E-state index is 14.7. The minimum absolute atomic E-state index is 0.0857. The lowest BCUT2D eigenvalue weighted by atomic mass is 10.0. The molecule has 228 valence electrons. The number of rotatable bonds is 6. The van der Waals surface area contributed by atoms with Crippen LogP contribution in [0.25, 0.3) is 10.9 Å². The quantitative estimate of drug-likeness (QED) is 0.257. The minimum Gasteiger partial charge on any atom is -0.372 e. The number of halogens is 4. The Labute approximate surface area is 256 Å². The fraction of sp³-hybridized carbons (Fsp3) is 0.387. The zero-order chi connectivity index (χ0) is 30.6. The van der Waals surface area contributed by atoms with Gasteiger partial charge in [-0.2, -0.15) is 13.2 Å². The molecule has 13 heteroatoms. The molecule has 3 aromatic heterocycles. The average Bonchev–Trinajstić information content (AvgIpc) is 3.75. The first-order valence-corrected chi connectivity index (χ1v) is 14.9. The van der Waals surface area contributed by atoms with E-state index >= 15 is 0 Å². The Morgan fingerprint density at radius 1 is 1.02 bits per heavy atom. The summed E-state index contributed by atoms with van der Waals surface area (Å²) in [5.74, 6) is 0.457. The number of aromatic nitrogens is 4. The molecule has 5 heterocycles. The van der Waals surface area contributed by atoms with Gasteiger partial charge in [-0.3, -0.25) is 4.79 Å². The SMILES string of the molecule is CN1CCN(c2ccc(N(Cc3ccc4c5c(c(Cl)nc4c3)COC5)C(=O)c3cnc(C4CC4)nc3)c(C(F)(F)F)n2)CC1. The summed E-state index contributed by atoms with van der Waals surface area (Å²) in [6.45, 7) is 3.12. The van der Waals surface area contributed by atoms with E-state index in [1.807, 2.05) is 18.0 Å². The molecule has 0 bridgehead atoms. The number of pyridine rings is 2. The Kier molecular flexibility index (Phi) is 7.38. The summed E-state index contributed by atoms with van der Waals surface area (Å²) in [5.41, 5.74) is 1.52. The first kappa shape index (κ1) is 28.9. The number of nitrogens with zero attached hydrogens (tertiary/aromatic N) is 7. The van der Waals surface area contributed by atoms with Crippen LogP contribution in [0.4, 0.5) is 24.7 Å². The summed E-state index contributed by atoms with van der Waals surface area (Å²) >= 11 is 6.42. The number of hydrogen-bond donors (Lipinski definition) is 0. The number of benzene rings is 1. The van der Waals surface area contributed by atoms with E-state index in [9.17, 15) is 18.0 Å². The Balaban J connectivity index is 1.29. The van der Waals surface area contributed by atoms with Gasteiger partial charge in [0.1, 0.15) is 16.8 Å². The molecule has 4 aromatic rings. The van der Waals surface area contributed by atoms with Crippen LogP contribution in [-0.2, 0) is 30.7 Å². The molecular formula is C31H29ClF3N7O2. The van der Waals surface area contributed by atoms with E-state index in [1.54, 1.807) is 18.2 Å². The molecule has 2 aliphatic heterocycles. The summed E-state index contributed by atoms with van der Waals surface area (Å²) in [6.07, 6.45) is -0.0769. The second-order valence-corrected chi connectivity index (χ2v) is 11.9. The zero-order valence-electron chi connectivity index (χ0n) is 23.9. The van der Waals surface area contributed by atoms with E-state index in [4.69, 9.17) is 16.3 Å². The highest BCUT2D eigenvalue weighted by molar-refractivity contribution is 6.30. The highest BCUT2D eigenvalue weighted by Crippen LogP contribution is 2.40. The second-order valence-electron chi connectivity index (χ2n) is 11.5. The van der Waals surface area contributed by atoms with E-state index in [1.165, 1.54) is 18.5 Å². The first-order chi connectivity index (χ1) is 21.2. The Morgan fingerprint density at radius 3 is 2.45 bits per heavy atom. The molecule has 0 atom stereocenters. The molecular weight excluding hydrogens is 595 g/mol. The number of carbonyl (C=O) groups is 1. The van der Waals surface area contributed by atoms with Crippen LogP contribution < -0.4 is 9.80 Å². The second kappa shape index (κ2) is 11.2. The third-order valence-electron chi connectivity index (χ3n) is 8.40. The molecule has 1 aromatic carbocycles. The number of hydrogen-bond acceptors (Lipinski definition) is 8. The molecule has 1 saturated heterocycles. The highest BCUT2D eigenvalue weighted by Gasteiger charge is 2.39. The van der Waals surface area contributed by atoms with E-state index in [2.05, 4.69) is 24.8 Å². The van der Waals surface area contributed by atoms with Crippen LogP contribution in [0.5, 0.6) is 0 Å². The summed E-state index contributed by atoms with van der Waals surface area (Å²) in [7, 11) is 1.97. The maximum absolute atomic E-state index is 14.7. The van der Waals surface area contributed by atoms with Gasteiger partial charge in [0.25, 0.3) is 5.91 Å². The molecule has 1 amide bonds. The molecule has 7 rings (SSSR count). The summed E-state index contributed by atoms with van der Waals surface area (Å²) in [5, 5.41) is 1.17. The fourth-order valence-electron chi connectivity index (χ4n) is 5.74. The number of piperazine rings is 1. The molecule has 1 aliphatic carbocycles. The molecule has 0 radical (unpaired) electrons. The number of amides is 1. The van der Waals surface area contributed by atoms with Gasteiger partial charge in [-0.15, -0.1) is 0 Å². The van der Waals surface area contributed by atoms with Crippen LogP contribution in [0.3, 0.4) is 0 Å². The van der Waals surface area contributed by atoms with Gasteiger partial charge in [0.15, 0.2) is 5.69 Å². The van der Waals surface area contributed by atoms with Crippen molar-refractivity contribution in [2.45, 2.75) is 44.7 Å². The predicted molar refractivity (Wildman–Crippen MR) is 159 cm³/mol. The molecule has 0 spiro atoms. The Bertz CT molecular complexity index is 1740. The van der Waals surface area contributed by atoms with Crippen molar-refractivity contribution in [3.05, 3.63) is 81.7 Å². The Morgan fingerprint density at radius 2 is 1.75 bits per heavy atom. The third kappa shape index (κ3) is 5.57. The number of alkyl halides is 3. The van der Waals surface area contributed by atoms with Gasteiger partial charge in [-0.05, 0) is 49.2 Å². The van der Waals surface area contributed by atoms with Gasteiger partial charge >= 0.3 is 6.18 Å². The average molecular weight is 624 g/mol. The van der Waals surface area contributed by atoms with Crippen molar-refractivity contribution in [1.29, 1.82) is 0 Å². The lowest BCUT2D eigenvalue weighted by molar-refractivity contribution is -0.140. The molecule has 1 saturated carbocycles. The van der Waals surface area contributed by atoms with Crippen LogP contribution in [0.15, 0.2) is 42.7 Å². The number of carbonyl (C=O) groups excluding carboxylic acids is 1. The lowest BCUT2D eigenvalue weighted by Gasteiger charge is -2.34. The van der Waals surface area contributed by atoms with E-state index in [0.717, 1.165) is 34.3 Å². The molecule has 0 unspecified atom stereocenters. The van der Waals surface area contributed by atoms with Gasteiger partial charge in [0.2, 0.25) is 0 Å². The number of anilines is 2. The normalized spacial score (nSPS) is 17.2. The molecule has 44 heavy (non-hydrogen) atoms. The lowest BCUT2D eigenvalue weighted by Crippen LogP contribution is -2.45. The standard InChI is InChI=1S/C31H29ClF3N7O2/c1-40-8-10-41(11-9-40)26-7-6-25(27(39-26)31(33,34)35)42(30(43)20-13-36-29(37-14-20)19-3-4-19)15-18-2-5-21-22-16-44-17-23(22)28(32)38-24(21)12-18/h2,5-7,12-14,19H,3-4,8-11,15-17H2,1H3. The predicted octanol–water partition coefficient (Wildman–Crippen LogP) is 5.60. The topological polar surface area (TPSA) is 87.6 Å². The number of fused-ring (bicyclic) bond motifs is 3. The van der Waals surface area contributed by atoms with Crippen LogP contribution in [0.2, 0.25) is 5.15 Å². The van der Waals surface area contributed by atoms with Crippen LogP contribution in [0, 0.1) is 0 Å². The number of likely N-dealkylation sites (N-methyl/N-ethyl adjacent to an activating group) is 1. The van der Waals surface area contributed by atoms with E-state index in [-0.39, 0.29) is 29.5 Å².